The van der Waals surface area contributed by atoms with Crippen LogP contribution in [0.25, 0.3) is 10.2 Å². The molecule has 0 atom stereocenters. The average Bonchev–Trinajstić information content (AvgIpc) is 3.10. The van der Waals surface area contributed by atoms with E-state index in [1.807, 2.05) is 6.07 Å². The van der Waals surface area contributed by atoms with Gasteiger partial charge in [-0.15, -0.1) is 10.2 Å². The number of anilines is 1. The van der Waals surface area contributed by atoms with E-state index >= 15 is 0 Å². The molecule has 20 heavy (non-hydrogen) atoms. The molecule has 1 aliphatic rings. The number of aryl methyl sites for hydroxylation is 1. The van der Waals surface area contributed by atoms with E-state index in [9.17, 15) is 0 Å². The SMILES string of the molecule is CCc1nnc2n1CCN(c1nc3ccccc3s1)C2. The van der Waals surface area contributed by atoms with Gasteiger partial charge in [0.05, 0.1) is 16.8 Å². The highest BCUT2D eigenvalue weighted by Crippen LogP contribution is 2.30. The summed E-state index contributed by atoms with van der Waals surface area (Å²) in [6.45, 7) is 4.84. The molecule has 1 aliphatic heterocycles. The number of rotatable bonds is 2. The minimum Gasteiger partial charge on any atom is -0.339 e. The summed E-state index contributed by atoms with van der Waals surface area (Å²) < 4.78 is 3.48. The largest absolute Gasteiger partial charge is 0.339 e. The Hall–Kier alpha value is -1.95. The molecule has 0 fully saturated rings. The highest BCUT2D eigenvalue weighted by molar-refractivity contribution is 7.22. The van der Waals surface area contributed by atoms with Gasteiger partial charge < -0.3 is 9.47 Å². The predicted octanol–water partition coefficient (Wildman–Crippen LogP) is 2.47. The molecule has 102 valence electrons. The van der Waals surface area contributed by atoms with Gasteiger partial charge in [-0.1, -0.05) is 30.4 Å². The number of hydrogen-bond acceptors (Lipinski definition) is 5. The first-order chi connectivity index (χ1) is 9.85. The highest BCUT2D eigenvalue weighted by atomic mass is 32.1. The van der Waals surface area contributed by atoms with Gasteiger partial charge in [0.25, 0.3) is 0 Å². The summed E-state index contributed by atoms with van der Waals surface area (Å²) in [7, 11) is 0. The van der Waals surface area contributed by atoms with Crippen molar-refractivity contribution in [2.45, 2.75) is 26.4 Å². The fourth-order valence-electron chi connectivity index (χ4n) is 2.64. The Bertz CT molecular complexity index is 727. The molecule has 0 N–H and O–H groups in total. The Morgan fingerprint density at radius 1 is 1.20 bits per heavy atom. The molecule has 4 rings (SSSR count). The van der Waals surface area contributed by atoms with E-state index in [0.29, 0.717) is 0 Å². The predicted molar refractivity (Wildman–Crippen MR) is 80.1 cm³/mol. The number of benzene rings is 1. The van der Waals surface area contributed by atoms with Gasteiger partial charge in [0.15, 0.2) is 11.0 Å². The lowest BCUT2D eigenvalue weighted by atomic mass is 10.3. The van der Waals surface area contributed by atoms with Gasteiger partial charge in [0.1, 0.15) is 5.82 Å². The number of fused-ring (bicyclic) bond motifs is 2. The van der Waals surface area contributed by atoms with Crippen molar-refractivity contribution in [2.24, 2.45) is 0 Å². The molecule has 3 heterocycles. The van der Waals surface area contributed by atoms with E-state index < -0.39 is 0 Å². The van der Waals surface area contributed by atoms with Gasteiger partial charge in [-0.25, -0.2) is 4.98 Å². The third-order valence-electron chi connectivity index (χ3n) is 3.70. The second-order valence-corrected chi connectivity index (χ2v) is 5.93. The van der Waals surface area contributed by atoms with E-state index in [1.54, 1.807) is 11.3 Å². The van der Waals surface area contributed by atoms with Crippen LogP contribution in [0, 0.1) is 0 Å². The highest BCUT2D eigenvalue weighted by Gasteiger charge is 2.22. The maximum absolute atomic E-state index is 4.72. The molecule has 0 spiro atoms. The molecule has 0 unspecified atom stereocenters. The molecule has 0 saturated carbocycles. The quantitative estimate of drug-likeness (QED) is 0.725. The normalized spacial score (nSPS) is 14.8. The fourth-order valence-corrected chi connectivity index (χ4v) is 3.63. The van der Waals surface area contributed by atoms with E-state index in [2.05, 4.69) is 44.8 Å². The Morgan fingerprint density at radius 2 is 2.10 bits per heavy atom. The number of para-hydroxylation sites is 1. The van der Waals surface area contributed by atoms with Crippen LogP contribution in [0.1, 0.15) is 18.6 Å². The van der Waals surface area contributed by atoms with Crippen LogP contribution in [0.4, 0.5) is 5.13 Å². The second kappa shape index (κ2) is 4.56. The summed E-state index contributed by atoms with van der Waals surface area (Å²) in [5.74, 6) is 2.14. The zero-order valence-electron chi connectivity index (χ0n) is 11.3. The molecule has 2 aromatic heterocycles. The summed E-state index contributed by atoms with van der Waals surface area (Å²) in [5, 5.41) is 9.64. The Kier molecular flexibility index (Phi) is 2.70. The Morgan fingerprint density at radius 3 is 2.95 bits per heavy atom. The smallest absolute Gasteiger partial charge is 0.186 e. The van der Waals surface area contributed by atoms with Crippen LogP contribution in [-0.4, -0.2) is 26.3 Å². The van der Waals surface area contributed by atoms with Crippen LogP contribution >= 0.6 is 11.3 Å². The minimum absolute atomic E-state index is 0.798. The zero-order chi connectivity index (χ0) is 13.5. The lowest BCUT2D eigenvalue weighted by molar-refractivity contribution is 0.544. The van der Waals surface area contributed by atoms with Gasteiger partial charge in [-0.3, -0.25) is 0 Å². The van der Waals surface area contributed by atoms with Crippen LogP contribution in [-0.2, 0) is 19.5 Å². The molecule has 1 aromatic carbocycles. The van der Waals surface area contributed by atoms with Crippen molar-refractivity contribution >= 4 is 26.7 Å². The van der Waals surface area contributed by atoms with Crippen molar-refractivity contribution in [3.8, 4) is 0 Å². The van der Waals surface area contributed by atoms with Gasteiger partial charge in [-0.05, 0) is 12.1 Å². The first kappa shape index (κ1) is 11.8. The first-order valence-corrected chi connectivity index (χ1v) is 7.68. The number of nitrogens with zero attached hydrogens (tertiary/aromatic N) is 5. The summed E-state index contributed by atoms with van der Waals surface area (Å²) in [4.78, 5) is 7.02. The molecule has 0 aliphatic carbocycles. The van der Waals surface area contributed by atoms with Crippen molar-refractivity contribution in [3.05, 3.63) is 35.9 Å². The average molecular weight is 285 g/mol. The zero-order valence-corrected chi connectivity index (χ0v) is 12.1. The summed E-state index contributed by atoms with van der Waals surface area (Å²) in [6.07, 6.45) is 0.939. The van der Waals surface area contributed by atoms with E-state index in [0.717, 1.165) is 48.4 Å². The third-order valence-corrected chi connectivity index (χ3v) is 4.80. The van der Waals surface area contributed by atoms with E-state index in [-0.39, 0.29) is 0 Å². The molecule has 0 saturated heterocycles. The lowest BCUT2D eigenvalue weighted by Crippen LogP contribution is -2.34. The summed E-state index contributed by atoms with van der Waals surface area (Å²) in [6, 6.07) is 8.28. The first-order valence-electron chi connectivity index (χ1n) is 6.86. The Labute approximate surface area is 120 Å². The Balaban J connectivity index is 1.67. The number of thiazole rings is 1. The van der Waals surface area contributed by atoms with Crippen molar-refractivity contribution in [3.63, 3.8) is 0 Å². The maximum atomic E-state index is 4.72. The van der Waals surface area contributed by atoms with Crippen LogP contribution < -0.4 is 4.90 Å². The monoisotopic (exact) mass is 285 g/mol. The van der Waals surface area contributed by atoms with Crippen LogP contribution in [0.5, 0.6) is 0 Å². The van der Waals surface area contributed by atoms with Gasteiger partial charge in [-0.2, -0.15) is 0 Å². The van der Waals surface area contributed by atoms with E-state index in [1.165, 1.54) is 4.70 Å². The number of aromatic nitrogens is 4. The molecule has 5 nitrogen and oxygen atoms in total. The summed E-state index contributed by atoms with van der Waals surface area (Å²) >= 11 is 1.75. The molecular formula is C14H15N5S. The molecule has 0 amide bonds. The topological polar surface area (TPSA) is 46.8 Å². The standard InChI is InChI=1S/C14H15N5S/c1-2-12-16-17-13-9-18(7-8-19(12)13)14-15-10-5-3-4-6-11(10)20-14/h3-6H,2,7-9H2,1H3. The molecular weight excluding hydrogens is 270 g/mol. The number of hydrogen-bond donors (Lipinski definition) is 0. The molecule has 6 heteroatoms. The van der Waals surface area contributed by atoms with Crippen LogP contribution in [0.2, 0.25) is 0 Å². The van der Waals surface area contributed by atoms with Crippen molar-refractivity contribution < 1.29 is 0 Å². The maximum Gasteiger partial charge on any atom is 0.186 e. The van der Waals surface area contributed by atoms with Crippen LogP contribution in [0.15, 0.2) is 24.3 Å². The van der Waals surface area contributed by atoms with Gasteiger partial charge in [0.2, 0.25) is 0 Å². The molecule has 0 bridgehead atoms. The van der Waals surface area contributed by atoms with Crippen molar-refractivity contribution in [1.82, 2.24) is 19.7 Å². The summed E-state index contributed by atoms with van der Waals surface area (Å²) in [5.41, 5.74) is 1.08. The fraction of sp³-hybridized carbons (Fsp3) is 0.357. The van der Waals surface area contributed by atoms with Gasteiger partial charge >= 0.3 is 0 Å². The molecule has 0 radical (unpaired) electrons. The lowest BCUT2D eigenvalue weighted by Gasteiger charge is -2.27. The second-order valence-electron chi connectivity index (χ2n) is 4.92. The minimum atomic E-state index is 0.798. The van der Waals surface area contributed by atoms with Crippen molar-refractivity contribution in [1.29, 1.82) is 0 Å². The van der Waals surface area contributed by atoms with Gasteiger partial charge in [0, 0.05) is 19.5 Å². The third kappa shape index (κ3) is 1.79. The van der Waals surface area contributed by atoms with Crippen molar-refractivity contribution in [2.75, 3.05) is 11.4 Å². The van der Waals surface area contributed by atoms with Crippen LogP contribution in [0.3, 0.4) is 0 Å². The van der Waals surface area contributed by atoms with E-state index in [4.69, 9.17) is 4.98 Å². The molecule has 3 aromatic rings.